The van der Waals surface area contributed by atoms with Crippen molar-refractivity contribution in [2.24, 2.45) is 33.5 Å². The Morgan fingerprint density at radius 2 is 1.02 bits per heavy atom. The van der Waals surface area contributed by atoms with Gasteiger partial charge in [0, 0.05) is 40.2 Å². The summed E-state index contributed by atoms with van der Waals surface area (Å²) in [5.41, 5.74) is -2.77. The van der Waals surface area contributed by atoms with Crippen molar-refractivity contribution in [1.29, 1.82) is 0 Å². The van der Waals surface area contributed by atoms with E-state index in [9.17, 15) is 24.3 Å². The lowest BCUT2D eigenvalue weighted by Crippen LogP contribution is -2.53. The number of hydrogen-bond donors (Lipinski definition) is 1. The summed E-state index contributed by atoms with van der Waals surface area (Å²) in [6, 6.07) is 1.52. The number of benzene rings is 1. The second-order valence-corrected chi connectivity index (χ2v) is 15.0. The van der Waals surface area contributed by atoms with Gasteiger partial charge in [0.2, 0.25) is 0 Å². The molecule has 1 N–H and O–H groups in total. The van der Waals surface area contributed by atoms with Crippen LogP contribution < -0.4 is 9.47 Å². The minimum atomic E-state index is -1.25. The molecule has 7 heteroatoms. The number of rotatable bonds is 2. The second-order valence-electron chi connectivity index (χ2n) is 15.0. The molecule has 5 rings (SSSR count). The molecule has 0 amide bonds. The summed E-state index contributed by atoms with van der Waals surface area (Å²) in [6.45, 7) is 21.7. The molecule has 0 radical (unpaired) electrons. The number of ether oxygens (including phenoxy) is 2. The highest BCUT2D eigenvalue weighted by atomic mass is 16.5. The van der Waals surface area contributed by atoms with Crippen molar-refractivity contribution >= 4 is 23.1 Å². The van der Waals surface area contributed by atoms with E-state index in [1.807, 2.05) is 27.7 Å². The van der Waals surface area contributed by atoms with Gasteiger partial charge in [-0.3, -0.25) is 19.2 Å². The highest BCUT2D eigenvalue weighted by Crippen LogP contribution is 2.63. The first-order valence-corrected chi connectivity index (χ1v) is 14.6. The summed E-state index contributed by atoms with van der Waals surface area (Å²) >= 11 is 0. The number of ketones is 4. The molecule has 2 atom stereocenters. The van der Waals surface area contributed by atoms with Gasteiger partial charge in [0.1, 0.15) is 28.8 Å². The predicted molar refractivity (Wildman–Crippen MR) is 154 cm³/mol. The van der Waals surface area contributed by atoms with E-state index < -0.39 is 33.5 Å². The summed E-state index contributed by atoms with van der Waals surface area (Å²) in [4.78, 5) is 55.2. The molecule has 0 saturated heterocycles. The first kappa shape index (κ1) is 29.3. The summed E-state index contributed by atoms with van der Waals surface area (Å²) in [6.07, 6.45) is 0. The molecule has 0 bridgehead atoms. The van der Waals surface area contributed by atoms with Crippen molar-refractivity contribution in [2.75, 3.05) is 0 Å². The number of allylic oxidation sites excluding steroid dienone is 4. The fourth-order valence-electron chi connectivity index (χ4n) is 7.73. The monoisotopic (exact) mass is 562 g/mol. The molecule has 2 heterocycles. The lowest BCUT2D eigenvalue weighted by Gasteiger charge is -2.48. The Bertz CT molecular complexity index is 1520. The van der Waals surface area contributed by atoms with Crippen LogP contribution in [-0.2, 0) is 19.2 Å². The van der Waals surface area contributed by atoms with Crippen LogP contribution in [0, 0.1) is 33.5 Å². The third kappa shape index (κ3) is 3.50. The average molecular weight is 563 g/mol. The van der Waals surface area contributed by atoms with E-state index in [1.54, 1.807) is 55.4 Å². The smallest absolute Gasteiger partial charge is 0.175 e. The zero-order valence-corrected chi connectivity index (χ0v) is 26.3. The van der Waals surface area contributed by atoms with Crippen LogP contribution in [0.5, 0.6) is 17.2 Å². The minimum absolute atomic E-state index is 0.0949. The van der Waals surface area contributed by atoms with Crippen LogP contribution >= 0.6 is 0 Å². The summed E-state index contributed by atoms with van der Waals surface area (Å²) in [7, 11) is 0. The van der Waals surface area contributed by atoms with E-state index in [4.69, 9.17) is 9.47 Å². The van der Waals surface area contributed by atoms with E-state index in [2.05, 4.69) is 0 Å². The fourth-order valence-corrected chi connectivity index (χ4v) is 7.73. The van der Waals surface area contributed by atoms with Gasteiger partial charge >= 0.3 is 0 Å². The van der Waals surface area contributed by atoms with Gasteiger partial charge in [-0.25, -0.2) is 0 Å². The number of hydrogen-bond acceptors (Lipinski definition) is 7. The number of phenolic OH excluding ortho intramolecular Hbond substituents is 1. The average Bonchev–Trinajstić information content (AvgIpc) is 2.87. The largest absolute Gasteiger partial charge is 0.507 e. The molecular weight excluding hydrogens is 520 g/mol. The van der Waals surface area contributed by atoms with Crippen LogP contribution in [-0.4, -0.2) is 28.2 Å². The van der Waals surface area contributed by atoms with E-state index in [1.165, 1.54) is 6.07 Å². The van der Waals surface area contributed by atoms with Crippen LogP contribution in [0.25, 0.3) is 0 Å². The number of carbonyl (C=O) groups excluding carboxylic acids is 4. The molecule has 41 heavy (non-hydrogen) atoms. The van der Waals surface area contributed by atoms with Gasteiger partial charge in [0.15, 0.2) is 23.1 Å². The summed E-state index contributed by atoms with van der Waals surface area (Å²) < 4.78 is 13.1. The number of Topliss-reactive ketones (excluding diaryl/α,β-unsaturated/α-hetero) is 4. The Labute approximate surface area is 242 Å². The highest BCUT2D eigenvalue weighted by molar-refractivity contribution is 6.21. The Morgan fingerprint density at radius 1 is 0.634 bits per heavy atom. The Kier molecular flexibility index (Phi) is 6.01. The molecule has 220 valence electrons. The van der Waals surface area contributed by atoms with Crippen molar-refractivity contribution in [3.05, 3.63) is 39.9 Å². The van der Waals surface area contributed by atoms with E-state index >= 15 is 0 Å². The van der Waals surface area contributed by atoms with Crippen LogP contribution in [0.2, 0.25) is 0 Å². The number of fused-ring (bicyclic) bond motifs is 3. The molecule has 0 fully saturated rings. The first-order chi connectivity index (χ1) is 18.6. The Hall–Kier alpha value is -3.22. The van der Waals surface area contributed by atoms with Crippen molar-refractivity contribution in [2.45, 2.75) is 94.9 Å². The minimum Gasteiger partial charge on any atom is -0.507 e. The summed E-state index contributed by atoms with van der Waals surface area (Å²) in [5, 5.41) is 11.5. The van der Waals surface area contributed by atoms with Crippen molar-refractivity contribution in [3.8, 4) is 17.2 Å². The van der Waals surface area contributed by atoms with E-state index in [0.29, 0.717) is 45.3 Å². The first-order valence-electron chi connectivity index (χ1n) is 14.6. The van der Waals surface area contributed by atoms with Crippen LogP contribution in [0.4, 0.5) is 0 Å². The van der Waals surface area contributed by atoms with Gasteiger partial charge in [-0.05, 0) is 67.2 Å². The van der Waals surface area contributed by atoms with Crippen molar-refractivity contribution in [1.82, 2.24) is 0 Å². The molecule has 0 aromatic heterocycles. The zero-order chi connectivity index (χ0) is 30.9. The molecule has 7 nitrogen and oxygen atoms in total. The highest BCUT2D eigenvalue weighted by Gasteiger charge is 2.60. The quantitative estimate of drug-likeness (QED) is 0.406. The van der Waals surface area contributed by atoms with Crippen LogP contribution in [0.15, 0.2) is 28.7 Å². The van der Waals surface area contributed by atoms with E-state index in [0.717, 1.165) is 0 Å². The van der Waals surface area contributed by atoms with Crippen LogP contribution in [0.1, 0.15) is 106 Å². The Morgan fingerprint density at radius 3 is 1.44 bits per heavy atom. The molecule has 2 aliphatic carbocycles. The molecule has 2 aliphatic heterocycles. The molecule has 4 aliphatic rings. The van der Waals surface area contributed by atoms with Gasteiger partial charge < -0.3 is 14.6 Å². The topological polar surface area (TPSA) is 107 Å². The SMILES string of the molecule is CC(C)[C@@H]1C2=C(Oc3c1c(O)cc1c3[C@H](C(C)C)C3=C(O1)C(C)(C)C(=O)C(C)(C)C3=O)C(C)(C)C(=O)C(C)(C)C2=O. The second kappa shape index (κ2) is 8.42. The lowest BCUT2D eigenvalue weighted by atomic mass is 9.58. The molecule has 1 aromatic carbocycles. The summed E-state index contributed by atoms with van der Waals surface area (Å²) in [5.74, 6) is -1.20. The van der Waals surface area contributed by atoms with Gasteiger partial charge in [-0.2, -0.15) is 0 Å². The van der Waals surface area contributed by atoms with Gasteiger partial charge in [0.05, 0.1) is 21.7 Å². The molecule has 0 unspecified atom stereocenters. The van der Waals surface area contributed by atoms with Gasteiger partial charge in [0.25, 0.3) is 0 Å². The van der Waals surface area contributed by atoms with Gasteiger partial charge in [-0.15, -0.1) is 0 Å². The fraction of sp³-hybridized carbons (Fsp3) is 0.588. The Balaban J connectivity index is 1.86. The van der Waals surface area contributed by atoms with Gasteiger partial charge in [-0.1, -0.05) is 27.7 Å². The number of carbonyl (C=O) groups is 4. The predicted octanol–water partition coefficient (Wildman–Crippen LogP) is 6.57. The molecule has 1 aromatic rings. The van der Waals surface area contributed by atoms with Crippen molar-refractivity contribution < 1.29 is 33.8 Å². The van der Waals surface area contributed by atoms with Crippen molar-refractivity contribution in [3.63, 3.8) is 0 Å². The maximum Gasteiger partial charge on any atom is 0.175 e. The zero-order valence-electron chi connectivity index (χ0n) is 26.3. The maximum atomic E-state index is 14.1. The van der Waals surface area contributed by atoms with Crippen LogP contribution in [0.3, 0.4) is 0 Å². The van der Waals surface area contributed by atoms with E-state index in [-0.39, 0.29) is 40.7 Å². The maximum absolute atomic E-state index is 14.1. The molecule has 0 spiro atoms. The standard InChI is InChI=1S/C34H42O7/c1-14(2)18-20-16(35)13-17-21(24(20)41-28-22(18)25(36)31(5,6)30(39)34(28,11)12)19(15(3)4)23-26(37)32(7,8)29(38)33(9,10)27(23)40-17/h13-15,18-19,35H,1-12H3/t18-,19-/m0/s1. The normalized spacial score (nSPS) is 27.3. The number of phenols is 1. The third-order valence-electron chi connectivity index (χ3n) is 9.81. The number of aromatic hydroxyl groups is 1. The molecular formula is C34H42O7. The lowest BCUT2D eigenvalue weighted by molar-refractivity contribution is -0.146. The third-order valence-corrected chi connectivity index (χ3v) is 9.81. The molecule has 0 saturated carbocycles.